The topological polar surface area (TPSA) is 115 Å². The third-order valence-electron chi connectivity index (χ3n) is 3.38. The van der Waals surface area contributed by atoms with E-state index in [-0.39, 0.29) is 0 Å². The average Bonchev–Trinajstić information content (AvgIpc) is 3.12. The van der Waals surface area contributed by atoms with Gasteiger partial charge >= 0.3 is 0 Å². The molecule has 0 unspecified atom stereocenters. The van der Waals surface area contributed by atoms with E-state index < -0.39 is 0 Å². The lowest BCUT2D eigenvalue weighted by molar-refractivity contribution is 0.421. The van der Waals surface area contributed by atoms with Crippen LogP contribution in [0.1, 0.15) is 11.5 Å². The Hall–Kier alpha value is -3.29. The summed E-state index contributed by atoms with van der Waals surface area (Å²) in [5.74, 6) is 1.37. The largest absolute Gasteiger partial charge is 0.370 e. The van der Waals surface area contributed by atoms with Crippen molar-refractivity contribution in [3.05, 3.63) is 60.3 Å². The monoisotopic (exact) mass is 337 g/mol. The molecular weight excluding hydrogens is 318 g/mol. The lowest BCUT2D eigenvalue weighted by Crippen LogP contribution is -2.33. The van der Waals surface area contributed by atoms with Crippen molar-refractivity contribution in [1.82, 2.24) is 25.4 Å². The minimum atomic E-state index is 0.393. The molecule has 0 aliphatic rings. The number of rotatable bonds is 7. The molecule has 0 aromatic carbocycles. The first kappa shape index (κ1) is 16.6. The molecule has 3 aromatic heterocycles. The SMILES string of the molecule is NC(=NCCc1noc(-c2ccccn2)n1)NCCc1ccccn1. The van der Waals surface area contributed by atoms with Crippen LogP contribution >= 0.6 is 0 Å². The second-order valence-electron chi connectivity index (χ2n) is 5.25. The number of aliphatic imine (C=N–C) groups is 1. The van der Waals surface area contributed by atoms with Crippen molar-refractivity contribution >= 4 is 5.96 Å². The van der Waals surface area contributed by atoms with Gasteiger partial charge in [0.1, 0.15) is 5.69 Å². The van der Waals surface area contributed by atoms with Crippen LogP contribution in [-0.4, -0.2) is 39.2 Å². The van der Waals surface area contributed by atoms with Crippen LogP contribution in [0, 0.1) is 0 Å². The van der Waals surface area contributed by atoms with E-state index in [0.717, 1.165) is 12.1 Å². The van der Waals surface area contributed by atoms with Crippen molar-refractivity contribution in [2.45, 2.75) is 12.8 Å². The lowest BCUT2D eigenvalue weighted by atomic mass is 10.3. The molecule has 0 amide bonds. The number of pyridine rings is 2. The molecule has 25 heavy (non-hydrogen) atoms. The molecule has 8 heteroatoms. The minimum Gasteiger partial charge on any atom is -0.370 e. The molecule has 0 saturated carbocycles. The number of hydrogen-bond donors (Lipinski definition) is 2. The van der Waals surface area contributed by atoms with E-state index in [1.165, 1.54) is 0 Å². The molecule has 0 bridgehead atoms. The molecule has 0 spiro atoms. The molecular formula is C17H19N7O. The summed E-state index contributed by atoms with van der Waals surface area (Å²) in [6.07, 6.45) is 4.78. The zero-order valence-electron chi connectivity index (χ0n) is 13.7. The van der Waals surface area contributed by atoms with Gasteiger partial charge in [-0.25, -0.2) is 0 Å². The Labute approximate surface area is 145 Å². The number of nitrogens with two attached hydrogens (primary N) is 1. The molecule has 0 atom stereocenters. The van der Waals surface area contributed by atoms with Crippen LogP contribution in [0.25, 0.3) is 11.6 Å². The fourth-order valence-corrected chi connectivity index (χ4v) is 2.15. The summed E-state index contributed by atoms with van der Waals surface area (Å²) < 4.78 is 5.20. The van der Waals surface area contributed by atoms with Gasteiger partial charge in [0, 0.05) is 44.0 Å². The Morgan fingerprint density at radius 1 is 1.08 bits per heavy atom. The molecule has 0 fully saturated rings. The average molecular weight is 337 g/mol. The van der Waals surface area contributed by atoms with Crippen molar-refractivity contribution in [2.24, 2.45) is 10.7 Å². The number of guanidine groups is 1. The van der Waals surface area contributed by atoms with Crippen LogP contribution in [0.3, 0.4) is 0 Å². The van der Waals surface area contributed by atoms with Gasteiger partial charge in [-0.15, -0.1) is 0 Å². The van der Waals surface area contributed by atoms with Crippen molar-refractivity contribution in [2.75, 3.05) is 13.1 Å². The van der Waals surface area contributed by atoms with Crippen molar-refractivity contribution in [3.63, 3.8) is 0 Å². The van der Waals surface area contributed by atoms with Gasteiger partial charge in [0.15, 0.2) is 11.8 Å². The molecule has 0 aliphatic carbocycles. The number of nitrogens with one attached hydrogen (secondary N) is 1. The van der Waals surface area contributed by atoms with Gasteiger partial charge < -0.3 is 15.6 Å². The maximum Gasteiger partial charge on any atom is 0.276 e. The normalized spacial score (nSPS) is 11.4. The summed E-state index contributed by atoms with van der Waals surface area (Å²) in [5.41, 5.74) is 7.51. The van der Waals surface area contributed by atoms with Crippen LogP contribution in [0.15, 0.2) is 58.3 Å². The zero-order chi connectivity index (χ0) is 17.3. The van der Waals surface area contributed by atoms with E-state index in [1.54, 1.807) is 12.4 Å². The Morgan fingerprint density at radius 3 is 2.68 bits per heavy atom. The molecule has 3 aromatic rings. The number of hydrogen-bond acceptors (Lipinski definition) is 6. The Balaban J connectivity index is 1.42. The molecule has 0 saturated heterocycles. The van der Waals surface area contributed by atoms with Crippen molar-refractivity contribution < 1.29 is 4.52 Å². The van der Waals surface area contributed by atoms with E-state index in [9.17, 15) is 0 Å². The maximum absolute atomic E-state index is 5.84. The van der Waals surface area contributed by atoms with E-state index in [0.29, 0.717) is 42.9 Å². The van der Waals surface area contributed by atoms with Gasteiger partial charge in [-0.05, 0) is 24.3 Å². The minimum absolute atomic E-state index is 0.393. The lowest BCUT2D eigenvalue weighted by Gasteiger charge is -2.04. The summed E-state index contributed by atoms with van der Waals surface area (Å²) in [7, 11) is 0. The standard InChI is InChI=1S/C17H19N7O/c18-17(21-11-7-13-5-1-3-9-19-13)22-12-8-15-23-16(25-24-15)14-6-2-4-10-20-14/h1-6,9-10H,7-8,11-12H2,(H3,18,21,22). The molecule has 3 N–H and O–H groups in total. The van der Waals surface area contributed by atoms with Gasteiger partial charge in [0.2, 0.25) is 0 Å². The van der Waals surface area contributed by atoms with Gasteiger partial charge in [0.25, 0.3) is 5.89 Å². The second-order valence-corrected chi connectivity index (χ2v) is 5.25. The van der Waals surface area contributed by atoms with Crippen molar-refractivity contribution in [1.29, 1.82) is 0 Å². The number of nitrogens with zero attached hydrogens (tertiary/aromatic N) is 5. The summed E-state index contributed by atoms with van der Waals surface area (Å²) in [6.45, 7) is 1.15. The molecule has 8 nitrogen and oxygen atoms in total. The van der Waals surface area contributed by atoms with E-state index >= 15 is 0 Å². The van der Waals surface area contributed by atoms with Gasteiger partial charge in [-0.1, -0.05) is 17.3 Å². The molecule has 3 rings (SSSR count). The smallest absolute Gasteiger partial charge is 0.276 e. The predicted molar refractivity (Wildman–Crippen MR) is 93.7 cm³/mol. The summed E-state index contributed by atoms with van der Waals surface area (Å²) in [6, 6.07) is 11.4. The van der Waals surface area contributed by atoms with Gasteiger partial charge in [0.05, 0.1) is 0 Å². The molecule has 0 aliphatic heterocycles. The van der Waals surface area contributed by atoms with Crippen LogP contribution in [0.4, 0.5) is 0 Å². The Kier molecular flexibility index (Phi) is 5.65. The van der Waals surface area contributed by atoms with Gasteiger partial charge in [-0.2, -0.15) is 4.98 Å². The third-order valence-corrected chi connectivity index (χ3v) is 3.38. The van der Waals surface area contributed by atoms with Crippen LogP contribution in [0.5, 0.6) is 0 Å². The summed E-state index contributed by atoms with van der Waals surface area (Å²) >= 11 is 0. The molecule has 0 radical (unpaired) electrons. The maximum atomic E-state index is 5.84. The highest BCUT2D eigenvalue weighted by molar-refractivity contribution is 5.77. The fourth-order valence-electron chi connectivity index (χ4n) is 2.15. The summed E-state index contributed by atoms with van der Waals surface area (Å²) in [5, 5.41) is 6.99. The molecule has 3 heterocycles. The van der Waals surface area contributed by atoms with Crippen LogP contribution in [0.2, 0.25) is 0 Å². The zero-order valence-corrected chi connectivity index (χ0v) is 13.7. The first-order chi connectivity index (χ1) is 12.3. The first-order valence-corrected chi connectivity index (χ1v) is 7.99. The highest BCUT2D eigenvalue weighted by Crippen LogP contribution is 2.13. The van der Waals surface area contributed by atoms with Crippen LogP contribution < -0.4 is 11.1 Å². The highest BCUT2D eigenvalue weighted by Gasteiger charge is 2.08. The van der Waals surface area contributed by atoms with Gasteiger partial charge in [-0.3, -0.25) is 15.0 Å². The van der Waals surface area contributed by atoms with Crippen molar-refractivity contribution in [3.8, 4) is 11.6 Å². The Morgan fingerprint density at radius 2 is 1.92 bits per heavy atom. The highest BCUT2D eigenvalue weighted by atomic mass is 16.5. The van der Waals surface area contributed by atoms with E-state index in [4.69, 9.17) is 10.3 Å². The van der Waals surface area contributed by atoms with E-state index in [1.807, 2.05) is 36.4 Å². The second kappa shape index (κ2) is 8.53. The summed E-state index contributed by atoms with van der Waals surface area (Å²) in [4.78, 5) is 17.0. The molecule has 128 valence electrons. The first-order valence-electron chi connectivity index (χ1n) is 7.99. The quantitative estimate of drug-likeness (QED) is 0.492. The Bertz CT molecular complexity index is 802. The third kappa shape index (κ3) is 5.10. The van der Waals surface area contributed by atoms with Crippen LogP contribution in [-0.2, 0) is 12.8 Å². The van der Waals surface area contributed by atoms with E-state index in [2.05, 4.69) is 30.4 Å². The fraction of sp³-hybridized carbons (Fsp3) is 0.235. The number of aromatic nitrogens is 4. The predicted octanol–water partition coefficient (Wildman–Crippen LogP) is 1.22.